The van der Waals surface area contributed by atoms with Crippen LogP contribution in [0.5, 0.6) is 5.88 Å². The summed E-state index contributed by atoms with van der Waals surface area (Å²) in [6, 6.07) is 26.8. The van der Waals surface area contributed by atoms with Crippen molar-refractivity contribution in [3.63, 3.8) is 0 Å². The van der Waals surface area contributed by atoms with Crippen LogP contribution in [0, 0.1) is 0 Å². The van der Waals surface area contributed by atoms with Crippen LogP contribution in [0.1, 0.15) is 13.3 Å². The number of aromatic nitrogens is 2. The van der Waals surface area contributed by atoms with E-state index in [2.05, 4.69) is 16.9 Å². The lowest BCUT2D eigenvalue weighted by atomic mass is 10.1. The Bertz CT molecular complexity index is 1080. The third kappa shape index (κ3) is 6.73. The molecule has 158 valence electrons. The number of hydrogen-bond acceptors (Lipinski definition) is 5. The fourth-order valence-corrected chi connectivity index (χ4v) is 3.05. The predicted molar refractivity (Wildman–Crippen MR) is 129 cm³/mol. The van der Waals surface area contributed by atoms with E-state index in [1.165, 1.54) is 0 Å². The van der Waals surface area contributed by atoms with Gasteiger partial charge in [-0.05, 0) is 24.6 Å². The molecule has 0 bridgehead atoms. The summed E-state index contributed by atoms with van der Waals surface area (Å²) in [5.74, 6) is 0.589. The molecule has 0 radical (unpaired) electrons. The van der Waals surface area contributed by atoms with Crippen LogP contribution in [-0.4, -0.2) is 16.6 Å². The summed E-state index contributed by atoms with van der Waals surface area (Å²) in [6.07, 6.45) is 0.956. The molecule has 4 aromatic rings. The minimum Gasteiger partial charge on any atom is -0.478 e. The molecular formula is C25H25ClN4O. The quantitative estimate of drug-likeness (QED) is 0.372. The van der Waals surface area contributed by atoms with E-state index in [1.807, 2.05) is 66.7 Å². The minimum atomic E-state index is 0.420. The minimum absolute atomic E-state index is 0.420. The van der Waals surface area contributed by atoms with Crippen molar-refractivity contribution in [2.24, 2.45) is 0 Å². The lowest BCUT2D eigenvalue weighted by Gasteiger charge is -2.07. The molecule has 4 N–H and O–H groups in total. The fraction of sp³-hybridized carbons (Fsp3) is 0.120. The van der Waals surface area contributed by atoms with Gasteiger partial charge in [0.1, 0.15) is 5.15 Å². The third-order valence-electron chi connectivity index (χ3n) is 4.23. The topological polar surface area (TPSA) is 87.0 Å². The lowest BCUT2D eigenvalue weighted by molar-refractivity contribution is 0.306. The zero-order valence-corrected chi connectivity index (χ0v) is 18.1. The van der Waals surface area contributed by atoms with Crippen molar-refractivity contribution in [1.29, 1.82) is 0 Å². The highest BCUT2D eigenvalue weighted by Crippen LogP contribution is 2.23. The van der Waals surface area contributed by atoms with E-state index in [4.69, 9.17) is 27.8 Å². The first-order chi connectivity index (χ1) is 15.0. The molecule has 2 aromatic heterocycles. The van der Waals surface area contributed by atoms with Crippen molar-refractivity contribution in [2.45, 2.75) is 13.3 Å². The number of rotatable bonds is 5. The number of hydrogen-bond donors (Lipinski definition) is 2. The number of nitrogens with zero attached hydrogens (tertiary/aromatic N) is 2. The van der Waals surface area contributed by atoms with Crippen LogP contribution >= 0.6 is 11.6 Å². The summed E-state index contributed by atoms with van der Waals surface area (Å²) in [5, 5.41) is 0.420. The van der Waals surface area contributed by atoms with Crippen LogP contribution in [0.25, 0.3) is 22.5 Å². The molecular weight excluding hydrogens is 408 g/mol. The Morgan fingerprint density at radius 1 is 0.742 bits per heavy atom. The summed E-state index contributed by atoms with van der Waals surface area (Å²) < 4.78 is 5.51. The van der Waals surface area contributed by atoms with Gasteiger partial charge in [0.15, 0.2) is 0 Å². The number of nitrogen functional groups attached to an aromatic ring is 2. The van der Waals surface area contributed by atoms with E-state index < -0.39 is 0 Å². The van der Waals surface area contributed by atoms with Crippen molar-refractivity contribution in [1.82, 2.24) is 9.97 Å². The Kier molecular flexibility index (Phi) is 7.85. The van der Waals surface area contributed by atoms with Gasteiger partial charge in [-0.15, -0.1) is 0 Å². The van der Waals surface area contributed by atoms with E-state index >= 15 is 0 Å². The monoisotopic (exact) mass is 432 g/mol. The van der Waals surface area contributed by atoms with Crippen LogP contribution in [0.4, 0.5) is 11.4 Å². The highest BCUT2D eigenvalue weighted by molar-refractivity contribution is 6.29. The first-order valence-electron chi connectivity index (χ1n) is 9.99. The van der Waals surface area contributed by atoms with E-state index in [0.29, 0.717) is 29.0 Å². The molecule has 5 nitrogen and oxygen atoms in total. The van der Waals surface area contributed by atoms with Gasteiger partial charge in [0.2, 0.25) is 5.88 Å². The second-order valence-corrected chi connectivity index (χ2v) is 7.20. The van der Waals surface area contributed by atoms with Crippen molar-refractivity contribution in [2.75, 3.05) is 18.1 Å². The predicted octanol–water partition coefficient (Wildman–Crippen LogP) is 6.10. The molecule has 0 spiro atoms. The van der Waals surface area contributed by atoms with Crippen LogP contribution < -0.4 is 16.2 Å². The first kappa shape index (κ1) is 22.1. The Labute approximate surface area is 187 Å². The second kappa shape index (κ2) is 11.0. The van der Waals surface area contributed by atoms with Crippen molar-refractivity contribution in [3.8, 4) is 28.4 Å². The maximum atomic E-state index is 5.85. The number of halogens is 1. The largest absolute Gasteiger partial charge is 0.478 e. The zero-order valence-electron chi connectivity index (χ0n) is 17.3. The van der Waals surface area contributed by atoms with E-state index in [9.17, 15) is 0 Å². The molecule has 2 aromatic carbocycles. The fourth-order valence-electron chi connectivity index (χ4n) is 2.84. The van der Waals surface area contributed by atoms with Gasteiger partial charge in [0.25, 0.3) is 0 Å². The molecule has 0 fully saturated rings. The van der Waals surface area contributed by atoms with E-state index in [-0.39, 0.29) is 0 Å². The lowest BCUT2D eigenvalue weighted by Crippen LogP contribution is -1.99. The van der Waals surface area contributed by atoms with Gasteiger partial charge in [0, 0.05) is 28.6 Å². The summed E-state index contributed by atoms with van der Waals surface area (Å²) in [7, 11) is 0. The van der Waals surface area contributed by atoms with Gasteiger partial charge in [-0.3, -0.25) is 0 Å². The normalized spacial score (nSPS) is 10.1. The average molecular weight is 433 g/mol. The van der Waals surface area contributed by atoms with E-state index in [0.717, 1.165) is 28.9 Å². The van der Waals surface area contributed by atoms with Gasteiger partial charge in [-0.1, -0.05) is 79.2 Å². The van der Waals surface area contributed by atoms with Crippen molar-refractivity contribution < 1.29 is 4.74 Å². The van der Waals surface area contributed by atoms with Crippen LogP contribution in [-0.2, 0) is 0 Å². The molecule has 0 aliphatic carbocycles. The van der Waals surface area contributed by atoms with Gasteiger partial charge >= 0.3 is 0 Å². The van der Waals surface area contributed by atoms with Gasteiger partial charge in [0.05, 0.1) is 18.0 Å². The molecule has 31 heavy (non-hydrogen) atoms. The smallest absolute Gasteiger partial charge is 0.215 e. The molecule has 0 unspecified atom stereocenters. The Morgan fingerprint density at radius 2 is 1.26 bits per heavy atom. The molecule has 0 saturated heterocycles. The highest BCUT2D eigenvalue weighted by atomic mass is 35.5. The maximum Gasteiger partial charge on any atom is 0.215 e. The number of pyridine rings is 2. The van der Waals surface area contributed by atoms with Crippen LogP contribution in [0.15, 0.2) is 84.9 Å². The molecule has 0 aliphatic heterocycles. The third-order valence-corrected chi connectivity index (χ3v) is 4.43. The molecule has 0 amide bonds. The molecule has 6 heteroatoms. The maximum absolute atomic E-state index is 5.85. The number of ether oxygens (including phenoxy) is 1. The van der Waals surface area contributed by atoms with Crippen molar-refractivity contribution in [3.05, 3.63) is 90.1 Å². The number of anilines is 2. The van der Waals surface area contributed by atoms with Gasteiger partial charge in [-0.25, -0.2) is 9.97 Å². The van der Waals surface area contributed by atoms with Gasteiger partial charge < -0.3 is 16.2 Å². The number of nitrogens with two attached hydrogens (primary N) is 2. The summed E-state index contributed by atoms with van der Waals surface area (Å²) in [4.78, 5) is 8.63. The summed E-state index contributed by atoms with van der Waals surface area (Å²) in [5.41, 5.74) is 16.5. The molecule has 4 rings (SSSR count). The second-order valence-electron chi connectivity index (χ2n) is 6.81. The Balaban J connectivity index is 0.000000179. The molecule has 2 heterocycles. The van der Waals surface area contributed by atoms with Gasteiger partial charge in [-0.2, -0.15) is 0 Å². The Hall–Kier alpha value is -3.57. The van der Waals surface area contributed by atoms with E-state index in [1.54, 1.807) is 18.2 Å². The molecule has 0 saturated carbocycles. The Morgan fingerprint density at radius 3 is 1.77 bits per heavy atom. The zero-order chi connectivity index (χ0) is 22.1. The molecule has 0 aliphatic rings. The first-order valence-corrected chi connectivity index (χ1v) is 10.4. The average Bonchev–Trinajstić information content (AvgIpc) is 2.78. The standard InChI is InChI=1S/C14H16N2O.C11H9ClN2/c1-2-8-17-14-10-12(15)9-13(16-14)11-6-4-3-5-7-11;12-11-7-9(13)6-10(14-11)8-4-2-1-3-5-8/h3-7,9-10H,2,8H2,1H3,(H2,15,16);1-7H,(H2,13,14). The van der Waals surface area contributed by atoms with Crippen LogP contribution in [0.3, 0.4) is 0 Å². The summed E-state index contributed by atoms with van der Waals surface area (Å²) >= 11 is 5.81. The SMILES string of the molecule is CCCOc1cc(N)cc(-c2ccccc2)n1.Nc1cc(Cl)nc(-c2ccccc2)c1. The highest BCUT2D eigenvalue weighted by Gasteiger charge is 2.04. The number of benzene rings is 2. The molecule has 0 atom stereocenters. The van der Waals surface area contributed by atoms with Crippen LogP contribution in [0.2, 0.25) is 5.15 Å². The van der Waals surface area contributed by atoms with Crippen molar-refractivity contribution >= 4 is 23.0 Å². The summed E-state index contributed by atoms with van der Waals surface area (Å²) in [6.45, 7) is 2.72.